The standard InChI is InChI=1S/C18H30N2/c1-14(17(19)15-8-6-5-7-9-15)20-12-10-16(11-13-20)18(2,3)4/h5-9,14,16-17H,10-13,19H2,1-4H3. The Morgan fingerprint density at radius 3 is 2.15 bits per heavy atom. The van der Waals surface area contributed by atoms with E-state index in [1.807, 2.05) is 0 Å². The molecule has 2 atom stereocenters. The Bertz CT molecular complexity index is 399. The van der Waals surface area contributed by atoms with Crippen LogP contribution in [0.2, 0.25) is 0 Å². The molecular formula is C18H30N2. The van der Waals surface area contributed by atoms with Crippen molar-refractivity contribution >= 4 is 0 Å². The molecule has 0 radical (unpaired) electrons. The highest BCUT2D eigenvalue weighted by Gasteiger charge is 2.31. The van der Waals surface area contributed by atoms with E-state index < -0.39 is 0 Å². The van der Waals surface area contributed by atoms with E-state index in [9.17, 15) is 0 Å². The number of benzene rings is 1. The third-order valence-electron chi connectivity index (χ3n) is 5.03. The zero-order valence-corrected chi connectivity index (χ0v) is 13.5. The summed E-state index contributed by atoms with van der Waals surface area (Å²) in [6, 6.07) is 11.0. The molecule has 1 fully saturated rings. The third-order valence-corrected chi connectivity index (χ3v) is 5.03. The smallest absolute Gasteiger partial charge is 0.0450 e. The van der Waals surface area contributed by atoms with Crippen LogP contribution in [-0.4, -0.2) is 24.0 Å². The summed E-state index contributed by atoms with van der Waals surface area (Å²) in [7, 11) is 0. The Morgan fingerprint density at radius 2 is 1.65 bits per heavy atom. The van der Waals surface area contributed by atoms with Crippen LogP contribution in [0.4, 0.5) is 0 Å². The van der Waals surface area contributed by atoms with Gasteiger partial charge < -0.3 is 5.73 Å². The second kappa shape index (κ2) is 6.28. The first-order valence-electron chi connectivity index (χ1n) is 7.94. The van der Waals surface area contributed by atoms with Gasteiger partial charge in [-0.15, -0.1) is 0 Å². The van der Waals surface area contributed by atoms with Crippen LogP contribution in [-0.2, 0) is 0 Å². The highest BCUT2D eigenvalue weighted by atomic mass is 15.2. The molecule has 0 saturated carbocycles. The molecule has 0 spiro atoms. The number of nitrogens with zero attached hydrogens (tertiary/aromatic N) is 1. The zero-order valence-electron chi connectivity index (χ0n) is 13.5. The van der Waals surface area contributed by atoms with E-state index in [2.05, 4.69) is 62.9 Å². The van der Waals surface area contributed by atoms with E-state index in [1.165, 1.54) is 31.5 Å². The van der Waals surface area contributed by atoms with Crippen molar-refractivity contribution < 1.29 is 0 Å². The fourth-order valence-electron chi connectivity index (χ4n) is 3.35. The van der Waals surface area contributed by atoms with Gasteiger partial charge in [-0.05, 0) is 49.8 Å². The van der Waals surface area contributed by atoms with Gasteiger partial charge in [-0.3, -0.25) is 4.90 Å². The Hall–Kier alpha value is -0.860. The van der Waals surface area contributed by atoms with Crippen molar-refractivity contribution in [3.05, 3.63) is 35.9 Å². The van der Waals surface area contributed by atoms with Crippen LogP contribution in [0.1, 0.15) is 52.1 Å². The van der Waals surface area contributed by atoms with Crippen LogP contribution in [0.3, 0.4) is 0 Å². The van der Waals surface area contributed by atoms with Crippen molar-refractivity contribution in [1.29, 1.82) is 0 Å². The summed E-state index contributed by atoms with van der Waals surface area (Å²) in [5, 5.41) is 0. The average Bonchev–Trinajstić information content (AvgIpc) is 2.46. The zero-order chi connectivity index (χ0) is 14.8. The Balaban J connectivity index is 1.93. The van der Waals surface area contributed by atoms with E-state index in [4.69, 9.17) is 5.73 Å². The highest BCUT2D eigenvalue weighted by molar-refractivity contribution is 5.20. The van der Waals surface area contributed by atoms with Gasteiger partial charge in [-0.1, -0.05) is 51.1 Å². The molecule has 112 valence electrons. The molecule has 2 rings (SSSR count). The number of nitrogens with two attached hydrogens (primary N) is 1. The second-order valence-corrected chi connectivity index (χ2v) is 7.35. The summed E-state index contributed by atoms with van der Waals surface area (Å²) in [5.41, 5.74) is 8.14. The normalized spacial score (nSPS) is 21.6. The Morgan fingerprint density at radius 1 is 1.10 bits per heavy atom. The number of hydrogen-bond acceptors (Lipinski definition) is 2. The summed E-state index contributed by atoms with van der Waals surface area (Å²) in [5.74, 6) is 0.846. The first-order valence-corrected chi connectivity index (χ1v) is 7.94. The van der Waals surface area contributed by atoms with Gasteiger partial charge in [0.2, 0.25) is 0 Å². The Labute approximate surface area is 124 Å². The maximum Gasteiger partial charge on any atom is 0.0450 e. The lowest BCUT2D eigenvalue weighted by molar-refractivity contribution is 0.0792. The fourth-order valence-corrected chi connectivity index (χ4v) is 3.35. The summed E-state index contributed by atoms with van der Waals surface area (Å²) in [6.07, 6.45) is 2.60. The van der Waals surface area contributed by atoms with Crippen molar-refractivity contribution in [2.24, 2.45) is 17.1 Å². The van der Waals surface area contributed by atoms with Crippen LogP contribution in [0.15, 0.2) is 30.3 Å². The summed E-state index contributed by atoms with van der Waals surface area (Å²) >= 11 is 0. The van der Waals surface area contributed by atoms with Crippen molar-refractivity contribution in [1.82, 2.24) is 4.90 Å². The molecule has 0 aromatic heterocycles. The van der Waals surface area contributed by atoms with Crippen LogP contribution in [0.25, 0.3) is 0 Å². The molecule has 0 amide bonds. The SMILES string of the molecule is CC(C(N)c1ccccc1)N1CCC(C(C)(C)C)CC1. The maximum atomic E-state index is 6.45. The molecule has 1 aromatic carbocycles. The quantitative estimate of drug-likeness (QED) is 0.907. The van der Waals surface area contributed by atoms with Crippen LogP contribution in [0.5, 0.6) is 0 Å². The summed E-state index contributed by atoms with van der Waals surface area (Å²) < 4.78 is 0. The van der Waals surface area contributed by atoms with Gasteiger partial charge in [-0.2, -0.15) is 0 Å². The lowest BCUT2D eigenvalue weighted by Crippen LogP contribution is -2.46. The van der Waals surface area contributed by atoms with E-state index in [0.717, 1.165) is 5.92 Å². The van der Waals surface area contributed by atoms with Crippen molar-refractivity contribution in [3.8, 4) is 0 Å². The highest BCUT2D eigenvalue weighted by Crippen LogP contribution is 2.35. The molecule has 1 aromatic rings. The lowest BCUT2D eigenvalue weighted by atomic mass is 9.75. The van der Waals surface area contributed by atoms with Gasteiger partial charge >= 0.3 is 0 Å². The summed E-state index contributed by atoms with van der Waals surface area (Å²) in [6.45, 7) is 11.7. The maximum absolute atomic E-state index is 6.45. The van der Waals surface area contributed by atoms with E-state index >= 15 is 0 Å². The molecule has 2 heteroatoms. The Kier molecular flexibility index (Phi) is 4.87. The van der Waals surface area contributed by atoms with Crippen LogP contribution in [0, 0.1) is 11.3 Å². The van der Waals surface area contributed by atoms with Crippen molar-refractivity contribution in [2.45, 2.75) is 52.6 Å². The molecule has 1 heterocycles. The van der Waals surface area contributed by atoms with Gasteiger partial charge in [0.1, 0.15) is 0 Å². The van der Waals surface area contributed by atoms with Crippen molar-refractivity contribution in [3.63, 3.8) is 0 Å². The van der Waals surface area contributed by atoms with E-state index in [1.54, 1.807) is 0 Å². The predicted octanol–water partition coefficient (Wildman–Crippen LogP) is 3.83. The molecule has 20 heavy (non-hydrogen) atoms. The first kappa shape index (κ1) is 15.5. The predicted molar refractivity (Wildman–Crippen MR) is 86.6 cm³/mol. The molecule has 2 N–H and O–H groups in total. The van der Waals surface area contributed by atoms with Gasteiger partial charge in [-0.25, -0.2) is 0 Å². The van der Waals surface area contributed by atoms with Crippen LogP contribution < -0.4 is 5.73 Å². The molecule has 1 saturated heterocycles. The molecule has 0 bridgehead atoms. The minimum Gasteiger partial charge on any atom is -0.323 e. The number of piperidine rings is 1. The fraction of sp³-hybridized carbons (Fsp3) is 0.667. The first-order chi connectivity index (χ1) is 9.39. The minimum absolute atomic E-state index is 0.113. The number of likely N-dealkylation sites (tertiary alicyclic amines) is 1. The van der Waals surface area contributed by atoms with Crippen molar-refractivity contribution in [2.75, 3.05) is 13.1 Å². The molecule has 1 aliphatic heterocycles. The topological polar surface area (TPSA) is 29.3 Å². The number of hydrogen-bond donors (Lipinski definition) is 1. The van der Waals surface area contributed by atoms with E-state index in [0.29, 0.717) is 11.5 Å². The minimum atomic E-state index is 0.113. The average molecular weight is 274 g/mol. The van der Waals surface area contributed by atoms with Gasteiger partial charge in [0.25, 0.3) is 0 Å². The molecular weight excluding hydrogens is 244 g/mol. The molecule has 2 unspecified atom stereocenters. The van der Waals surface area contributed by atoms with Gasteiger partial charge in [0.15, 0.2) is 0 Å². The van der Waals surface area contributed by atoms with Crippen LogP contribution >= 0.6 is 0 Å². The summed E-state index contributed by atoms with van der Waals surface area (Å²) in [4.78, 5) is 2.57. The third kappa shape index (κ3) is 3.62. The van der Waals surface area contributed by atoms with Gasteiger partial charge in [0.05, 0.1) is 0 Å². The second-order valence-electron chi connectivity index (χ2n) is 7.35. The monoisotopic (exact) mass is 274 g/mol. The van der Waals surface area contributed by atoms with Gasteiger partial charge in [0, 0.05) is 12.1 Å². The molecule has 0 aliphatic carbocycles. The molecule has 1 aliphatic rings. The largest absolute Gasteiger partial charge is 0.323 e. The lowest BCUT2D eigenvalue weighted by Gasteiger charge is -2.42. The number of rotatable bonds is 3. The molecule has 2 nitrogen and oxygen atoms in total. The van der Waals surface area contributed by atoms with E-state index in [-0.39, 0.29) is 6.04 Å².